The first-order chi connectivity index (χ1) is 14.9. The summed E-state index contributed by atoms with van der Waals surface area (Å²) in [5, 5.41) is 4.95. The molecule has 0 spiro atoms. The summed E-state index contributed by atoms with van der Waals surface area (Å²) in [6.45, 7) is 2.81. The molecule has 168 valence electrons. The van der Waals surface area contributed by atoms with E-state index < -0.39 is 10.0 Å². The van der Waals surface area contributed by atoms with Crippen LogP contribution in [0.4, 0.5) is 0 Å². The molecule has 2 heterocycles. The van der Waals surface area contributed by atoms with E-state index in [2.05, 4.69) is 10.2 Å². The molecule has 0 unspecified atom stereocenters. The Morgan fingerprint density at radius 3 is 2.68 bits per heavy atom. The number of halogens is 3. The van der Waals surface area contributed by atoms with Gasteiger partial charge in [0.15, 0.2) is 6.23 Å². The van der Waals surface area contributed by atoms with Crippen LogP contribution in [0.5, 0.6) is 0 Å². The number of hydrogen-bond donors (Lipinski definition) is 1. The predicted molar refractivity (Wildman–Crippen MR) is 128 cm³/mol. The molecule has 0 aliphatic carbocycles. The van der Waals surface area contributed by atoms with Gasteiger partial charge in [0.2, 0.25) is 9.70 Å². The summed E-state index contributed by atoms with van der Waals surface area (Å²) >= 11 is 18.5. The number of alkyl halides is 3. The highest BCUT2D eigenvalue weighted by Crippen LogP contribution is 2.34. The van der Waals surface area contributed by atoms with E-state index in [0.717, 1.165) is 42.3 Å². The molecule has 2 aliphatic rings. The fraction of sp³-hybridized carbons (Fsp3) is 0.542. The van der Waals surface area contributed by atoms with Gasteiger partial charge in [-0.05, 0) is 61.0 Å². The second-order valence-electron chi connectivity index (χ2n) is 8.64. The summed E-state index contributed by atoms with van der Waals surface area (Å²) in [7, 11) is 0. The Morgan fingerprint density at radius 2 is 1.84 bits per heavy atom. The maximum Gasteiger partial charge on any atom is 0.234 e. The standard InChI is InChI=1S/C24H29Cl3N2O2/c25-24(26,27)23(31-16-19-10-6-14-29-13-4-3-12-21(19)29)28-22(30)15-18-9-5-8-17-7-1-2-11-20(17)18/h1-2,5,7-9,11,19,21,23H,3-4,6,10,12-16H2,(H,28,30)/t19-,21-,23-/m1/s1. The normalized spacial score (nSPS) is 23.3. The van der Waals surface area contributed by atoms with Gasteiger partial charge in [-0.3, -0.25) is 4.79 Å². The van der Waals surface area contributed by atoms with E-state index in [1.807, 2.05) is 42.5 Å². The Morgan fingerprint density at radius 1 is 1.06 bits per heavy atom. The molecule has 4 nitrogen and oxygen atoms in total. The molecule has 0 radical (unpaired) electrons. The van der Waals surface area contributed by atoms with Gasteiger partial charge >= 0.3 is 0 Å². The Labute approximate surface area is 199 Å². The predicted octanol–water partition coefficient (Wildman–Crippen LogP) is 5.48. The smallest absolute Gasteiger partial charge is 0.234 e. The van der Waals surface area contributed by atoms with Gasteiger partial charge in [-0.15, -0.1) is 0 Å². The maximum absolute atomic E-state index is 12.8. The summed E-state index contributed by atoms with van der Waals surface area (Å²) in [5.41, 5.74) is 0.934. The summed E-state index contributed by atoms with van der Waals surface area (Å²) in [5.74, 6) is 0.175. The number of rotatable bonds is 6. The molecule has 7 heteroatoms. The van der Waals surface area contributed by atoms with E-state index in [-0.39, 0.29) is 12.3 Å². The minimum absolute atomic E-state index is 0.196. The molecule has 31 heavy (non-hydrogen) atoms. The van der Waals surface area contributed by atoms with Crippen LogP contribution >= 0.6 is 34.8 Å². The van der Waals surface area contributed by atoms with Crippen LogP contribution in [0.25, 0.3) is 10.8 Å². The molecule has 3 atom stereocenters. The number of benzene rings is 2. The lowest BCUT2D eigenvalue weighted by atomic mass is 9.84. The van der Waals surface area contributed by atoms with Crippen molar-refractivity contribution in [2.24, 2.45) is 5.92 Å². The van der Waals surface area contributed by atoms with Crippen LogP contribution < -0.4 is 5.32 Å². The molecule has 2 aromatic rings. The van der Waals surface area contributed by atoms with Crippen molar-refractivity contribution >= 4 is 51.5 Å². The third-order valence-corrected chi connectivity index (χ3v) is 7.12. The van der Waals surface area contributed by atoms with Crippen molar-refractivity contribution in [1.29, 1.82) is 0 Å². The number of piperidine rings is 2. The highest BCUT2D eigenvalue weighted by molar-refractivity contribution is 6.68. The molecular weight excluding hydrogens is 455 g/mol. The van der Waals surface area contributed by atoms with Gasteiger partial charge in [0.05, 0.1) is 13.0 Å². The third-order valence-electron chi connectivity index (χ3n) is 6.53. The van der Waals surface area contributed by atoms with Crippen LogP contribution in [0, 0.1) is 5.92 Å². The lowest BCUT2D eigenvalue weighted by Gasteiger charge is -2.44. The number of hydrogen-bond acceptors (Lipinski definition) is 3. The molecule has 1 amide bonds. The zero-order valence-electron chi connectivity index (χ0n) is 17.5. The van der Waals surface area contributed by atoms with Gasteiger partial charge in [-0.1, -0.05) is 83.7 Å². The van der Waals surface area contributed by atoms with E-state index in [1.165, 1.54) is 19.3 Å². The van der Waals surface area contributed by atoms with Crippen molar-refractivity contribution in [2.75, 3.05) is 19.7 Å². The Balaban J connectivity index is 1.39. The van der Waals surface area contributed by atoms with Crippen LogP contribution in [0.2, 0.25) is 0 Å². The largest absolute Gasteiger partial charge is 0.354 e. The van der Waals surface area contributed by atoms with Gasteiger partial charge in [0.25, 0.3) is 0 Å². The van der Waals surface area contributed by atoms with Crippen molar-refractivity contribution in [2.45, 2.75) is 54.6 Å². The molecule has 4 rings (SSSR count). The average molecular weight is 484 g/mol. The molecule has 1 N–H and O–H groups in total. The molecule has 0 saturated carbocycles. The quantitative estimate of drug-likeness (QED) is 0.437. The Kier molecular flexibility index (Phi) is 7.66. The number of amides is 1. The Hall–Kier alpha value is -1.04. The Bertz CT molecular complexity index is 895. The average Bonchev–Trinajstić information content (AvgIpc) is 2.76. The number of ether oxygens (including phenoxy) is 1. The first-order valence-corrected chi connectivity index (χ1v) is 12.2. The van der Waals surface area contributed by atoms with Crippen LogP contribution in [-0.2, 0) is 16.0 Å². The second-order valence-corrected chi connectivity index (χ2v) is 11.0. The number of carbonyl (C=O) groups excluding carboxylic acids is 1. The van der Waals surface area contributed by atoms with E-state index in [1.54, 1.807) is 0 Å². The SMILES string of the molecule is O=C(Cc1cccc2ccccc12)N[C@H](OC[C@H]1CCCN2CCCC[C@H]12)C(Cl)(Cl)Cl. The van der Waals surface area contributed by atoms with Crippen LogP contribution in [0.3, 0.4) is 0 Å². The molecule has 2 aromatic carbocycles. The third kappa shape index (κ3) is 5.85. The summed E-state index contributed by atoms with van der Waals surface area (Å²) in [6, 6.07) is 14.5. The number of fused-ring (bicyclic) bond motifs is 2. The van der Waals surface area contributed by atoms with Crippen LogP contribution in [0.15, 0.2) is 42.5 Å². The van der Waals surface area contributed by atoms with Gasteiger partial charge < -0.3 is 15.0 Å². The van der Waals surface area contributed by atoms with Crippen molar-refractivity contribution in [1.82, 2.24) is 10.2 Å². The van der Waals surface area contributed by atoms with Gasteiger partial charge in [0.1, 0.15) is 0 Å². The van der Waals surface area contributed by atoms with Crippen LogP contribution in [-0.4, -0.2) is 46.6 Å². The monoisotopic (exact) mass is 482 g/mol. The van der Waals surface area contributed by atoms with E-state index in [4.69, 9.17) is 39.5 Å². The fourth-order valence-corrected chi connectivity index (χ4v) is 5.38. The van der Waals surface area contributed by atoms with Crippen molar-refractivity contribution in [3.8, 4) is 0 Å². The molecular formula is C24H29Cl3N2O2. The van der Waals surface area contributed by atoms with E-state index in [0.29, 0.717) is 18.6 Å². The fourth-order valence-electron chi connectivity index (χ4n) is 5.03. The minimum Gasteiger partial charge on any atom is -0.354 e. The molecule has 0 bridgehead atoms. The van der Waals surface area contributed by atoms with Crippen LogP contribution in [0.1, 0.15) is 37.7 Å². The molecule has 2 saturated heterocycles. The topological polar surface area (TPSA) is 41.6 Å². The minimum atomic E-state index is -1.74. The van der Waals surface area contributed by atoms with Gasteiger partial charge in [-0.2, -0.15) is 0 Å². The highest BCUT2D eigenvalue weighted by atomic mass is 35.6. The zero-order valence-corrected chi connectivity index (χ0v) is 19.8. The zero-order chi connectivity index (χ0) is 21.8. The maximum atomic E-state index is 12.8. The molecule has 2 fully saturated rings. The molecule has 0 aromatic heterocycles. The summed E-state index contributed by atoms with van der Waals surface area (Å²) in [4.78, 5) is 15.4. The van der Waals surface area contributed by atoms with E-state index >= 15 is 0 Å². The molecule has 2 aliphatic heterocycles. The van der Waals surface area contributed by atoms with Gasteiger partial charge in [-0.25, -0.2) is 0 Å². The number of nitrogens with one attached hydrogen (secondary N) is 1. The summed E-state index contributed by atoms with van der Waals surface area (Å²) < 4.78 is 4.30. The highest BCUT2D eigenvalue weighted by Gasteiger charge is 2.38. The lowest BCUT2D eigenvalue weighted by molar-refractivity contribution is -0.125. The van der Waals surface area contributed by atoms with E-state index in [9.17, 15) is 4.79 Å². The van der Waals surface area contributed by atoms with Crippen molar-refractivity contribution in [3.05, 3.63) is 48.0 Å². The number of nitrogens with zero attached hydrogens (tertiary/aromatic N) is 1. The van der Waals surface area contributed by atoms with Crippen molar-refractivity contribution < 1.29 is 9.53 Å². The van der Waals surface area contributed by atoms with Gasteiger partial charge in [0, 0.05) is 6.04 Å². The number of carbonyl (C=O) groups is 1. The second kappa shape index (κ2) is 10.3. The van der Waals surface area contributed by atoms with Crippen molar-refractivity contribution in [3.63, 3.8) is 0 Å². The first kappa shape index (κ1) is 23.1. The first-order valence-electron chi connectivity index (χ1n) is 11.1. The lowest BCUT2D eigenvalue weighted by Crippen LogP contribution is -2.51. The summed E-state index contributed by atoms with van der Waals surface area (Å²) in [6.07, 6.45) is 5.20.